The first kappa shape index (κ1) is 13.4. The molecule has 0 amide bonds. The van der Waals surface area contributed by atoms with Crippen LogP contribution in [0.1, 0.15) is 76.2 Å². The molecule has 1 aliphatic rings. The van der Waals surface area contributed by atoms with Gasteiger partial charge in [-0.05, 0) is 25.7 Å². The van der Waals surface area contributed by atoms with Crippen molar-refractivity contribution in [1.82, 2.24) is 9.55 Å². The molecule has 0 spiro atoms. The maximum absolute atomic E-state index is 6.35. The molecule has 18 heavy (non-hydrogen) atoms. The van der Waals surface area contributed by atoms with E-state index in [1.165, 1.54) is 43.6 Å². The molecule has 1 heterocycles. The van der Waals surface area contributed by atoms with E-state index in [1.807, 2.05) is 0 Å². The normalized spacial score (nSPS) is 17.2. The van der Waals surface area contributed by atoms with Crippen LogP contribution in [0.5, 0.6) is 0 Å². The van der Waals surface area contributed by atoms with Crippen LogP contribution in [0, 0.1) is 0 Å². The number of hydrogen-bond acceptors (Lipinski definition) is 2. The van der Waals surface area contributed by atoms with Gasteiger partial charge in [0.1, 0.15) is 11.6 Å². The van der Waals surface area contributed by atoms with Crippen LogP contribution in [0.4, 0.5) is 5.82 Å². The van der Waals surface area contributed by atoms with Gasteiger partial charge in [-0.15, -0.1) is 0 Å². The molecule has 0 radical (unpaired) electrons. The SMILES string of the molecule is CCCc1nc(C2CCCCC2)c(N)n1CCC. The lowest BCUT2D eigenvalue weighted by molar-refractivity contribution is 0.438. The lowest BCUT2D eigenvalue weighted by Crippen LogP contribution is -2.09. The van der Waals surface area contributed by atoms with Gasteiger partial charge in [0.25, 0.3) is 0 Å². The van der Waals surface area contributed by atoms with Crippen LogP contribution in [0.15, 0.2) is 0 Å². The smallest absolute Gasteiger partial charge is 0.127 e. The molecule has 1 aromatic rings. The number of nitrogens with two attached hydrogens (primary N) is 1. The summed E-state index contributed by atoms with van der Waals surface area (Å²) in [4.78, 5) is 4.88. The minimum absolute atomic E-state index is 0.618. The van der Waals surface area contributed by atoms with E-state index in [0.717, 1.165) is 31.6 Å². The molecule has 2 rings (SSSR count). The molecule has 1 aromatic heterocycles. The Morgan fingerprint density at radius 3 is 2.50 bits per heavy atom. The van der Waals surface area contributed by atoms with Gasteiger partial charge in [-0.25, -0.2) is 4.98 Å². The van der Waals surface area contributed by atoms with E-state index in [1.54, 1.807) is 0 Å². The number of anilines is 1. The molecule has 0 bridgehead atoms. The highest BCUT2D eigenvalue weighted by atomic mass is 15.1. The quantitative estimate of drug-likeness (QED) is 0.860. The third-order valence-electron chi connectivity index (χ3n) is 4.03. The molecule has 0 saturated heterocycles. The molecular weight excluding hydrogens is 222 g/mol. The Kier molecular flexibility index (Phi) is 4.67. The van der Waals surface area contributed by atoms with Crippen molar-refractivity contribution >= 4 is 5.82 Å². The van der Waals surface area contributed by atoms with Crippen LogP contribution in [0.3, 0.4) is 0 Å². The zero-order valence-corrected chi connectivity index (χ0v) is 11.9. The predicted octanol–water partition coefficient (Wildman–Crippen LogP) is 3.88. The van der Waals surface area contributed by atoms with Gasteiger partial charge >= 0.3 is 0 Å². The van der Waals surface area contributed by atoms with Crippen LogP contribution in [-0.4, -0.2) is 9.55 Å². The highest BCUT2D eigenvalue weighted by molar-refractivity contribution is 5.41. The van der Waals surface area contributed by atoms with Gasteiger partial charge in [-0.3, -0.25) is 0 Å². The van der Waals surface area contributed by atoms with Gasteiger partial charge in [0.15, 0.2) is 0 Å². The Bertz CT molecular complexity index is 375. The van der Waals surface area contributed by atoms with Gasteiger partial charge in [-0.1, -0.05) is 33.1 Å². The summed E-state index contributed by atoms with van der Waals surface area (Å²) in [6.07, 6.45) is 9.94. The molecule has 0 unspecified atom stereocenters. The summed E-state index contributed by atoms with van der Waals surface area (Å²) < 4.78 is 2.26. The van der Waals surface area contributed by atoms with E-state index in [2.05, 4.69) is 18.4 Å². The van der Waals surface area contributed by atoms with Gasteiger partial charge in [0.2, 0.25) is 0 Å². The monoisotopic (exact) mass is 249 g/mol. The first-order chi connectivity index (χ1) is 8.77. The molecule has 0 aromatic carbocycles. The summed E-state index contributed by atoms with van der Waals surface area (Å²) in [5.74, 6) is 2.78. The summed E-state index contributed by atoms with van der Waals surface area (Å²) in [5, 5.41) is 0. The lowest BCUT2D eigenvalue weighted by Gasteiger charge is -2.20. The van der Waals surface area contributed by atoms with Crippen LogP contribution in [0.25, 0.3) is 0 Å². The van der Waals surface area contributed by atoms with Crippen LogP contribution in [-0.2, 0) is 13.0 Å². The fourth-order valence-corrected chi connectivity index (χ4v) is 3.10. The van der Waals surface area contributed by atoms with Crippen LogP contribution < -0.4 is 5.73 Å². The Balaban J connectivity index is 2.26. The summed E-state index contributed by atoms with van der Waals surface area (Å²) in [6.45, 7) is 5.43. The topological polar surface area (TPSA) is 43.8 Å². The van der Waals surface area contributed by atoms with Crippen molar-refractivity contribution in [2.24, 2.45) is 0 Å². The molecule has 2 N–H and O–H groups in total. The largest absolute Gasteiger partial charge is 0.384 e. The van der Waals surface area contributed by atoms with Crippen molar-refractivity contribution in [3.8, 4) is 0 Å². The molecular formula is C15H27N3. The average Bonchev–Trinajstić information content (AvgIpc) is 2.70. The zero-order valence-electron chi connectivity index (χ0n) is 11.9. The molecule has 1 saturated carbocycles. The van der Waals surface area contributed by atoms with E-state index < -0.39 is 0 Å². The molecule has 102 valence electrons. The number of nitrogen functional groups attached to an aromatic ring is 1. The second-order valence-electron chi connectivity index (χ2n) is 5.54. The minimum Gasteiger partial charge on any atom is -0.384 e. The second kappa shape index (κ2) is 6.26. The third kappa shape index (κ3) is 2.70. The van der Waals surface area contributed by atoms with Crippen molar-refractivity contribution in [3.63, 3.8) is 0 Å². The molecule has 1 aliphatic carbocycles. The first-order valence-electron chi connectivity index (χ1n) is 7.62. The molecule has 0 atom stereocenters. The van der Waals surface area contributed by atoms with E-state index in [-0.39, 0.29) is 0 Å². The van der Waals surface area contributed by atoms with Gasteiger partial charge in [-0.2, -0.15) is 0 Å². The fraction of sp³-hybridized carbons (Fsp3) is 0.800. The summed E-state index contributed by atoms with van der Waals surface area (Å²) in [5.41, 5.74) is 7.55. The lowest BCUT2D eigenvalue weighted by atomic mass is 9.87. The number of hydrogen-bond donors (Lipinski definition) is 1. The van der Waals surface area contributed by atoms with Crippen molar-refractivity contribution < 1.29 is 0 Å². The highest BCUT2D eigenvalue weighted by Gasteiger charge is 2.23. The second-order valence-corrected chi connectivity index (χ2v) is 5.54. The van der Waals surface area contributed by atoms with E-state index in [4.69, 9.17) is 10.7 Å². The third-order valence-corrected chi connectivity index (χ3v) is 4.03. The standard InChI is InChI=1S/C15H27N3/c1-3-8-13-17-14(12-9-6-5-7-10-12)15(16)18(13)11-4-2/h12H,3-11,16H2,1-2H3. The molecule has 1 fully saturated rings. The Labute approximate surface area is 111 Å². The zero-order chi connectivity index (χ0) is 13.0. The van der Waals surface area contributed by atoms with Crippen LogP contribution in [0.2, 0.25) is 0 Å². The number of aryl methyl sites for hydroxylation is 1. The van der Waals surface area contributed by atoms with Gasteiger partial charge in [0.05, 0.1) is 5.69 Å². The number of nitrogens with zero attached hydrogens (tertiary/aromatic N) is 2. The van der Waals surface area contributed by atoms with E-state index >= 15 is 0 Å². The van der Waals surface area contributed by atoms with Crippen molar-refractivity contribution in [3.05, 3.63) is 11.5 Å². The number of rotatable bonds is 5. The highest BCUT2D eigenvalue weighted by Crippen LogP contribution is 2.35. The van der Waals surface area contributed by atoms with Gasteiger partial charge < -0.3 is 10.3 Å². The first-order valence-corrected chi connectivity index (χ1v) is 7.62. The molecule has 0 aliphatic heterocycles. The Morgan fingerprint density at radius 2 is 1.89 bits per heavy atom. The fourth-order valence-electron chi connectivity index (χ4n) is 3.10. The summed E-state index contributed by atoms with van der Waals surface area (Å²) >= 11 is 0. The minimum atomic E-state index is 0.618. The van der Waals surface area contributed by atoms with E-state index in [0.29, 0.717) is 5.92 Å². The average molecular weight is 249 g/mol. The molecule has 3 nitrogen and oxygen atoms in total. The number of aromatic nitrogens is 2. The Morgan fingerprint density at radius 1 is 1.17 bits per heavy atom. The summed E-state index contributed by atoms with van der Waals surface area (Å²) in [6, 6.07) is 0. The molecule has 3 heteroatoms. The van der Waals surface area contributed by atoms with Crippen LogP contribution >= 0.6 is 0 Å². The predicted molar refractivity (Wildman–Crippen MR) is 76.8 cm³/mol. The maximum Gasteiger partial charge on any atom is 0.127 e. The number of imidazole rings is 1. The van der Waals surface area contributed by atoms with Crippen molar-refractivity contribution in [2.45, 2.75) is 77.7 Å². The maximum atomic E-state index is 6.35. The Hall–Kier alpha value is -0.990. The van der Waals surface area contributed by atoms with Crippen molar-refractivity contribution in [2.75, 3.05) is 5.73 Å². The van der Waals surface area contributed by atoms with Gasteiger partial charge in [0, 0.05) is 18.9 Å². The van der Waals surface area contributed by atoms with E-state index in [9.17, 15) is 0 Å². The summed E-state index contributed by atoms with van der Waals surface area (Å²) in [7, 11) is 0. The van der Waals surface area contributed by atoms with Crippen molar-refractivity contribution in [1.29, 1.82) is 0 Å².